The van der Waals surface area contributed by atoms with Crippen molar-refractivity contribution in [2.45, 2.75) is 38.4 Å². The summed E-state index contributed by atoms with van der Waals surface area (Å²) in [6.07, 6.45) is 3.64. The Labute approximate surface area is 105 Å². The SMILES string of the molecule is CC(C)Oc1cncc(C2(O)CC(C(=O)O)C2)c1. The zero-order chi connectivity index (χ0) is 13.3. The Hall–Kier alpha value is -1.62. The van der Waals surface area contributed by atoms with Gasteiger partial charge >= 0.3 is 5.97 Å². The van der Waals surface area contributed by atoms with E-state index < -0.39 is 17.5 Å². The summed E-state index contributed by atoms with van der Waals surface area (Å²) >= 11 is 0. The van der Waals surface area contributed by atoms with Gasteiger partial charge in [0.15, 0.2) is 0 Å². The molecule has 1 heterocycles. The molecule has 2 N–H and O–H groups in total. The number of aliphatic carboxylic acids is 1. The first-order chi connectivity index (χ1) is 8.40. The van der Waals surface area contributed by atoms with Gasteiger partial charge in [0.05, 0.1) is 23.8 Å². The van der Waals surface area contributed by atoms with Crippen LogP contribution in [0.1, 0.15) is 32.3 Å². The number of rotatable bonds is 4. The van der Waals surface area contributed by atoms with Gasteiger partial charge in [-0.15, -0.1) is 0 Å². The number of aromatic nitrogens is 1. The molecule has 0 aromatic carbocycles. The Bertz CT molecular complexity index is 452. The van der Waals surface area contributed by atoms with Gasteiger partial charge < -0.3 is 14.9 Å². The van der Waals surface area contributed by atoms with Crippen molar-refractivity contribution in [3.8, 4) is 5.75 Å². The molecule has 18 heavy (non-hydrogen) atoms. The molecule has 0 spiro atoms. The van der Waals surface area contributed by atoms with Crippen LogP contribution in [-0.2, 0) is 10.4 Å². The van der Waals surface area contributed by atoms with Crippen LogP contribution in [0.15, 0.2) is 18.5 Å². The lowest BCUT2D eigenvalue weighted by atomic mass is 9.68. The second-order valence-electron chi connectivity index (χ2n) is 5.05. The molecule has 0 saturated heterocycles. The summed E-state index contributed by atoms with van der Waals surface area (Å²) in [5.41, 5.74) is -0.454. The van der Waals surface area contributed by atoms with Gasteiger partial charge in [-0.3, -0.25) is 9.78 Å². The Morgan fingerprint density at radius 2 is 2.17 bits per heavy atom. The third-order valence-corrected chi connectivity index (χ3v) is 3.14. The lowest BCUT2D eigenvalue weighted by Gasteiger charge is -2.41. The lowest BCUT2D eigenvalue weighted by Crippen LogP contribution is -2.44. The van der Waals surface area contributed by atoms with Crippen LogP contribution < -0.4 is 4.74 Å². The van der Waals surface area contributed by atoms with Crippen LogP contribution >= 0.6 is 0 Å². The Morgan fingerprint density at radius 3 is 2.72 bits per heavy atom. The molecule has 1 aromatic heterocycles. The first-order valence-corrected chi connectivity index (χ1v) is 5.98. The van der Waals surface area contributed by atoms with Gasteiger partial charge in [-0.2, -0.15) is 0 Å². The van der Waals surface area contributed by atoms with Crippen molar-refractivity contribution in [1.82, 2.24) is 4.98 Å². The van der Waals surface area contributed by atoms with Gasteiger partial charge in [0, 0.05) is 11.8 Å². The average molecular weight is 251 g/mol. The van der Waals surface area contributed by atoms with E-state index in [1.54, 1.807) is 18.5 Å². The van der Waals surface area contributed by atoms with Gasteiger partial charge in [-0.1, -0.05) is 0 Å². The zero-order valence-corrected chi connectivity index (χ0v) is 10.5. The fraction of sp³-hybridized carbons (Fsp3) is 0.538. The van der Waals surface area contributed by atoms with E-state index in [0.29, 0.717) is 11.3 Å². The molecular formula is C13H17NO4. The summed E-state index contributed by atoms with van der Waals surface area (Å²) in [6, 6.07) is 1.73. The molecule has 1 aliphatic rings. The maximum atomic E-state index is 10.8. The van der Waals surface area contributed by atoms with Crippen LogP contribution in [0.4, 0.5) is 0 Å². The minimum Gasteiger partial charge on any atom is -0.489 e. The van der Waals surface area contributed by atoms with Gasteiger partial charge in [0.25, 0.3) is 0 Å². The largest absolute Gasteiger partial charge is 0.489 e. The minimum absolute atomic E-state index is 0.0323. The Balaban J connectivity index is 2.12. The summed E-state index contributed by atoms with van der Waals surface area (Å²) < 4.78 is 5.50. The maximum Gasteiger partial charge on any atom is 0.306 e. The molecular weight excluding hydrogens is 234 g/mol. The number of nitrogens with zero attached hydrogens (tertiary/aromatic N) is 1. The third kappa shape index (κ3) is 2.46. The van der Waals surface area contributed by atoms with Crippen LogP contribution in [0.3, 0.4) is 0 Å². The van der Waals surface area contributed by atoms with E-state index in [-0.39, 0.29) is 18.9 Å². The molecule has 2 rings (SSSR count). The topological polar surface area (TPSA) is 79.7 Å². The number of carbonyl (C=O) groups is 1. The van der Waals surface area contributed by atoms with Crippen LogP contribution in [0.2, 0.25) is 0 Å². The van der Waals surface area contributed by atoms with Crippen molar-refractivity contribution >= 4 is 5.97 Å². The molecule has 5 nitrogen and oxygen atoms in total. The highest BCUT2D eigenvalue weighted by Gasteiger charge is 2.47. The van der Waals surface area contributed by atoms with E-state index in [1.807, 2.05) is 13.8 Å². The number of carboxylic acids is 1. The van der Waals surface area contributed by atoms with E-state index in [4.69, 9.17) is 9.84 Å². The minimum atomic E-state index is -1.08. The Morgan fingerprint density at radius 1 is 1.50 bits per heavy atom. The quantitative estimate of drug-likeness (QED) is 0.848. The molecule has 0 unspecified atom stereocenters. The summed E-state index contributed by atoms with van der Waals surface area (Å²) in [5.74, 6) is -0.735. The van der Waals surface area contributed by atoms with Gasteiger partial charge in [-0.25, -0.2) is 0 Å². The van der Waals surface area contributed by atoms with Crippen molar-refractivity contribution in [2.24, 2.45) is 5.92 Å². The fourth-order valence-electron chi connectivity index (χ4n) is 2.18. The summed E-state index contributed by atoms with van der Waals surface area (Å²) in [7, 11) is 0. The van der Waals surface area contributed by atoms with Crippen LogP contribution in [0.5, 0.6) is 5.75 Å². The summed E-state index contributed by atoms with van der Waals surface area (Å²) in [4.78, 5) is 14.8. The maximum absolute atomic E-state index is 10.8. The highest BCUT2D eigenvalue weighted by atomic mass is 16.5. The number of hydrogen-bond donors (Lipinski definition) is 2. The van der Waals surface area contributed by atoms with Crippen molar-refractivity contribution in [3.63, 3.8) is 0 Å². The second kappa shape index (κ2) is 4.57. The van der Waals surface area contributed by atoms with Gasteiger partial charge in [-0.05, 0) is 32.8 Å². The van der Waals surface area contributed by atoms with Crippen LogP contribution in [0.25, 0.3) is 0 Å². The van der Waals surface area contributed by atoms with E-state index in [0.717, 1.165) is 0 Å². The molecule has 1 aromatic rings. The van der Waals surface area contributed by atoms with Gasteiger partial charge in [0.1, 0.15) is 5.75 Å². The molecule has 5 heteroatoms. The molecule has 1 aliphatic carbocycles. The standard InChI is InChI=1S/C13H17NO4/c1-8(2)18-11-3-10(6-14-7-11)13(17)4-9(5-13)12(15)16/h3,6-9,17H,4-5H2,1-2H3,(H,15,16). The predicted octanol–water partition coefficient (Wildman–Crippen LogP) is 1.55. The van der Waals surface area contributed by atoms with E-state index in [1.165, 1.54) is 0 Å². The molecule has 0 bridgehead atoms. The van der Waals surface area contributed by atoms with E-state index in [2.05, 4.69) is 4.98 Å². The smallest absolute Gasteiger partial charge is 0.306 e. The predicted molar refractivity (Wildman–Crippen MR) is 64.3 cm³/mol. The second-order valence-corrected chi connectivity index (χ2v) is 5.05. The number of ether oxygens (including phenoxy) is 1. The first-order valence-electron chi connectivity index (χ1n) is 5.98. The van der Waals surface area contributed by atoms with Crippen LogP contribution in [0, 0.1) is 5.92 Å². The average Bonchev–Trinajstić information content (AvgIpc) is 2.24. The lowest BCUT2D eigenvalue weighted by molar-refractivity contribution is -0.159. The zero-order valence-electron chi connectivity index (χ0n) is 10.5. The van der Waals surface area contributed by atoms with Crippen molar-refractivity contribution in [2.75, 3.05) is 0 Å². The van der Waals surface area contributed by atoms with Crippen molar-refractivity contribution in [3.05, 3.63) is 24.0 Å². The van der Waals surface area contributed by atoms with Crippen LogP contribution in [-0.4, -0.2) is 27.3 Å². The fourth-order valence-corrected chi connectivity index (χ4v) is 2.18. The highest BCUT2D eigenvalue weighted by molar-refractivity contribution is 5.71. The normalized spacial score (nSPS) is 26.8. The monoisotopic (exact) mass is 251 g/mol. The first kappa shape index (κ1) is 12.8. The van der Waals surface area contributed by atoms with E-state index in [9.17, 15) is 9.90 Å². The van der Waals surface area contributed by atoms with Gasteiger partial charge in [0.2, 0.25) is 0 Å². The number of pyridine rings is 1. The van der Waals surface area contributed by atoms with Crippen molar-refractivity contribution in [1.29, 1.82) is 0 Å². The highest BCUT2D eigenvalue weighted by Crippen LogP contribution is 2.46. The van der Waals surface area contributed by atoms with Crippen molar-refractivity contribution < 1.29 is 19.7 Å². The molecule has 0 radical (unpaired) electrons. The number of hydrogen-bond acceptors (Lipinski definition) is 4. The number of aliphatic hydroxyl groups is 1. The molecule has 0 amide bonds. The summed E-state index contributed by atoms with van der Waals surface area (Å²) in [5, 5.41) is 19.1. The molecule has 0 atom stereocenters. The molecule has 0 aliphatic heterocycles. The summed E-state index contributed by atoms with van der Waals surface area (Å²) in [6.45, 7) is 3.82. The molecule has 1 saturated carbocycles. The molecule has 98 valence electrons. The Kier molecular flexibility index (Phi) is 3.26. The van der Waals surface area contributed by atoms with E-state index >= 15 is 0 Å². The number of carboxylic acid groups (broad SMARTS) is 1. The third-order valence-electron chi connectivity index (χ3n) is 3.14. The molecule has 1 fully saturated rings.